The van der Waals surface area contributed by atoms with Crippen molar-refractivity contribution in [2.75, 3.05) is 0 Å². The maximum atomic E-state index is 6.31. The van der Waals surface area contributed by atoms with E-state index in [0.717, 1.165) is 35.7 Å². The predicted octanol–water partition coefficient (Wildman–Crippen LogP) is 3.15. The maximum Gasteiger partial charge on any atom is 0.246 e. The summed E-state index contributed by atoms with van der Waals surface area (Å²) in [6.07, 6.45) is 4.82. The lowest BCUT2D eigenvalue weighted by Crippen LogP contribution is -2.33. The summed E-state index contributed by atoms with van der Waals surface area (Å²) in [6.45, 7) is 0. The summed E-state index contributed by atoms with van der Waals surface area (Å²) in [5.74, 6) is 1.29. The molecule has 0 saturated heterocycles. The van der Waals surface area contributed by atoms with Crippen LogP contribution in [0.1, 0.15) is 43.0 Å². The van der Waals surface area contributed by atoms with Gasteiger partial charge in [0.05, 0.1) is 5.54 Å². The molecule has 4 nitrogen and oxygen atoms in total. The minimum Gasteiger partial charge on any atom is -0.337 e. The summed E-state index contributed by atoms with van der Waals surface area (Å²) in [4.78, 5) is 4.47. The summed E-state index contributed by atoms with van der Waals surface area (Å²) in [7, 11) is 0. The van der Waals surface area contributed by atoms with E-state index >= 15 is 0 Å². The Morgan fingerprint density at radius 1 is 1.32 bits per heavy atom. The van der Waals surface area contributed by atoms with Gasteiger partial charge < -0.3 is 10.3 Å². The smallest absolute Gasteiger partial charge is 0.246 e. The quantitative estimate of drug-likeness (QED) is 0.943. The lowest BCUT2D eigenvalue weighted by atomic mass is 9.99. The van der Waals surface area contributed by atoms with Gasteiger partial charge in [-0.2, -0.15) is 4.98 Å². The second kappa shape index (κ2) is 5.06. The van der Waals surface area contributed by atoms with Crippen molar-refractivity contribution in [1.29, 1.82) is 0 Å². The second-order valence-electron chi connectivity index (χ2n) is 5.19. The zero-order chi connectivity index (χ0) is 13.3. The normalized spacial score (nSPS) is 17.8. The van der Waals surface area contributed by atoms with Gasteiger partial charge in [-0.1, -0.05) is 46.1 Å². The van der Waals surface area contributed by atoms with Gasteiger partial charge in [-0.15, -0.1) is 0 Å². The van der Waals surface area contributed by atoms with E-state index < -0.39 is 5.54 Å². The molecule has 1 saturated carbocycles. The van der Waals surface area contributed by atoms with Crippen LogP contribution in [0.2, 0.25) is 0 Å². The van der Waals surface area contributed by atoms with Gasteiger partial charge in [-0.25, -0.2) is 0 Å². The molecule has 1 aliphatic rings. The second-order valence-corrected chi connectivity index (χ2v) is 6.10. The highest BCUT2D eigenvalue weighted by molar-refractivity contribution is 9.10. The van der Waals surface area contributed by atoms with Crippen molar-refractivity contribution >= 4 is 15.9 Å². The Labute approximate surface area is 120 Å². The molecule has 0 aliphatic heterocycles. The van der Waals surface area contributed by atoms with Crippen LogP contribution >= 0.6 is 15.9 Å². The van der Waals surface area contributed by atoms with Gasteiger partial charge in [0.15, 0.2) is 5.82 Å². The van der Waals surface area contributed by atoms with E-state index in [1.807, 2.05) is 12.1 Å². The number of benzene rings is 1. The van der Waals surface area contributed by atoms with Crippen LogP contribution in [0.5, 0.6) is 0 Å². The van der Waals surface area contributed by atoms with Crippen LogP contribution in [0.25, 0.3) is 0 Å². The summed E-state index contributed by atoms with van der Waals surface area (Å²) in [6, 6.07) is 8.11. The molecule has 100 valence electrons. The van der Waals surface area contributed by atoms with Gasteiger partial charge in [0.25, 0.3) is 0 Å². The summed E-state index contributed by atoms with van der Waals surface area (Å²) < 4.78 is 6.41. The van der Waals surface area contributed by atoms with Crippen LogP contribution in [0.15, 0.2) is 33.3 Å². The highest BCUT2D eigenvalue weighted by atomic mass is 79.9. The fourth-order valence-corrected chi connectivity index (χ4v) is 3.02. The van der Waals surface area contributed by atoms with Gasteiger partial charge in [0, 0.05) is 10.9 Å². The molecule has 2 aromatic rings. The maximum absolute atomic E-state index is 6.31. The number of aromatic nitrogens is 2. The first-order chi connectivity index (χ1) is 9.16. The zero-order valence-electron chi connectivity index (χ0n) is 10.6. The molecule has 0 atom stereocenters. The first-order valence-electron chi connectivity index (χ1n) is 6.52. The summed E-state index contributed by atoms with van der Waals surface area (Å²) in [5.41, 5.74) is 7.06. The van der Waals surface area contributed by atoms with E-state index in [1.54, 1.807) is 0 Å². The largest absolute Gasteiger partial charge is 0.337 e. The fourth-order valence-electron chi connectivity index (χ4n) is 2.58. The van der Waals surface area contributed by atoms with E-state index in [2.05, 4.69) is 38.2 Å². The Bertz CT molecular complexity index is 576. The Morgan fingerprint density at radius 3 is 2.84 bits per heavy atom. The summed E-state index contributed by atoms with van der Waals surface area (Å²) >= 11 is 3.46. The molecule has 0 spiro atoms. The van der Waals surface area contributed by atoms with Crippen LogP contribution in [0, 0.1) is 0 Å². The zero-order valence-corrected chi connectivity index (χ0v) is 12.2. The summed E-state index contributed by atoms with van der Waals surface area (Å²) in [5, 5.41) is 4.05. The van der Waals surface area contributed by atoms with E-state index in [9.17, 15) is 0 Å². The van der Waals surface area contributed by atoms with Gasteiger partial charge >= 0.3 is 0 Å². The highest BCUT2D eigenvalue weighted by Gasteiger charge is 2.36. The van der Waals surface area contributed by atoms with Gasteiger partial charge in [-0.3, -0.25) is 0 Å². The number of nitrogens with zero attached hydrogens (tertiary/aromatic N) is 2. The Kier molecular flexibility index (Phi) is 3.41. The van der Waals surface area contributed by atoms with E-state index in [1.165, 1.54) is 0 Å². The van der Waals surface area contributed by atoms with Crippen molar-refractivity contribution in [3.8, 4) is 0 Å². The Balaban J connectivity index is 1.78. The fraction of sp³-hybridized carbons (Fsp3) is 0.429. The van der Waals surface area contributed by atoms with E-state index in [4.69, 9.17) is 10.3 Å². The van der Waals surface area contributed by atoms with E-state index in [0.29, 0.717) is 18.1 Å². The van der Waals surface area contributed by atoms with Gasteiger partial charge in [0.1, 0.15) is 0 Å². The molecule has 2 N–H and O–H groups in total. The molecule has 1 fully saturated rings. The topological polar surface area (TPSA) is 64.9 Å². The number of halogens is 1. The Hall–Kier alpha value is -1.20. The molecule has 0 bridgehead atoms. The average Bonchev–Trinajstić information content (AvgIpc) is 2.99. The molecular formula is C14H16BrN3O. The lowest BCUT2D eigenvalue weighted by molar-refractivity contribution is 0.284. The molecule has 1 aromatic heterocycles. The minimum absolute atomic E-state index is 0.400. The molecule has 19 heavy (non-hydrogen) atoms. The van der Waals surface area contributed by atoms with Crippen LogP contribution in [0.3, 0.4) is 0 Å². The molecule has 0 amide bonds. The molecule has 1 aliphatic carbocycles. The molecule has 0 unspecified atom stereocenters. The first kappa shape index (κ1) is 12.8. The molecule has 3 rings (SSSR count). The minimum atomic E-state index is -0.400. The third kappa shape index (κ3) is 2.72. The molecule has 1 heterocycles. The van der Waals surface area contributed by atoms with Crippen LogP contribution < -0.4 is 5.73 Å². The third-order valence-electron chi connectivity index (χ3n) is 3.64. The predicted molar refractivity (Wildman–Crippen MR) is 75.6 cm³/mol. The van der Waals surface area contributed by atoms with Crippen LogP contribution in [0.4, 0.5) is 0 Å². The van der Waals surface area contributed by atoms with Crippen molar-refractivity contribution < 1.29 is 4.52 Å². The monoisotopic (exact) mass is 321 g/mol. The van der Waals surface area contributed by atoms with E-state index in [-0.39, 0.29) is 0 Å². The van der Waals surface area contributed by atoms with Crippen molar-refractivity contribution in [2.45, 2.75) is 37.6 Å². The number of rotatable bonds is 3. The molecular weight excluding hydrogens is 306 g/mol. The number of hydrogen-bond donors (Lipinski definition) is 1. The number of nitrogens with two attached hydrogens (primary N) is 1. The van der Waals surface area contributed by atoms with Crippen LogP contribution in [-0.2, 0) is 12.0 Å². The molecule has 0 radical (unpaired) electrons. The van der Waals surface area contributed by atoms with Crippen LogP contribution in [-0.4, -0.2) is 10.1 Å². The SMILES string of the molecule is NC1(c2nc(Cc3cccc(Br)c3)no2)CCCC1. The van der Waals surface area contributed by atoms with Crippen molar-refractivity contribution in [2.24, 2.45) is 5.73 Å². The standard InChI is InChI=1S/C14H16BrN3O/c15-11-5-3-4-10(8-11)9-12-17-13(19-18-12)14(16)6-1-2-7-14/h3-5,8H,1-2,6-7,9,16H2. The van der Waals surface area contributed by atoms with Gasteiger partial charge in [0.2, 0.25) is 5.89 Å². The molecule has 1 aromatic carbocycles. The van der Waals surface area contributed by atoms with Gasteiger partial charge in [-0.05, 0) is 30.5 Å². The Morgan fingerprint density at radius 2 is 2.11 bits per heavy atom. The first-order valence-corrected chi connectivity index (χ1v) is 7.31. The van der Waals surface area contributed by atoms with Crippen molar-refractivity contribution in [3.63, 3.8) is 0 Å². The highest BCUT2D eigenvalue weighted by Crippen LogP contribution is 2.35. The number of hydrogen-bond acceptors (Lipinski definition) is 4. The van der Waals surface area contributed by atoms with Crippen molar-refractivity contribution in [1.82, 2.24) is 10.1 Å². The third-order valence-corrected chi connectivity index (χ3v) is 4.13. The van der Waals surface area contributed by atoms with Crippen molar-refractivity contribution in [3.05, 3.63) is 46.0 Å². The lowest BCUT2D eigenvalue weighted by Gasteiger charge is -2.17. The average molecular weight is 322 g/mol. The molecule has 5 heteroatoms.